The smallest absolute Gasteiger partial charge is 0.281 e. The van der Waals surface area contributed by atoms with Gasteiger partial charge in [0.25, 0.3) is 5.22 Å². The van der Waals surface area contributed by atoms with Gasteiger partial charge in [0.15, 0.2) is 0 Å². The first-order valence-electron chi connectivity index (χ1n) is 5.09. The zero-order chi connectivity index (χ0) is 12.4. The normalized spacial score (nSPS) is 12.7. The van der Waals surface area contributed by atoms with Crippen molar-refractivity contribution in [2.45, 2.75) is 30.0 Å². The van der Waals surface area contributed by atoms with Gasteiger partial charge < -0.3 is 10.2 Å². The molecular weight excluding hydrogens is 258 g/mol. The van der Waals surface area contributed by atoms with Crippen molar-refractivity contribution in [3.63, 3.8) is 0 Å². The fourth-order valence-electron chi connectivity index (χ4n) is 1.30. The van der Waals surface area contributed by atoms with Gasteiger partial charge >= 0.3 is 0 Å². The number of aryl methyl sites for hydroxylation is 1. The summed E-state index contributed by atoms with van der Waals surface area (Å²) in [4.78, 5) is 0.875. The van der Waals surface area contributed by atoms with E-state index >= 15 is 0 Å². The molecule has 1 aromatic carbocycles. The minimum atomic E-state index is -0.0304. The summed E-state index contributed by atoms with van der Waals surface area (Å²) in [7, 11) is 0. The lowest BCUT2D eigenvalue weighted by atomic mass is 10.1. The molecule has 0 saturated carbocycles. The van der Waals surface area contributed by atoms with Gasteiger partial charge in [-0.05, 0) is 36.4 Å². The van der Waals surface area contributed by atoms with E-state index in [-0.39, 0.29) is 6.04 Å². The Morgan fingerprint density at radius 1 is 1.41 bits per heavy atom. The van der Waals surface area contributed by atoms with Crippen molar-refractivity contribution in [1.29, 1.82) is 0 Å². The second-order valence-corrected chi connectivity index (χ2v) is 5.07. The number of hydrogen-bond acceptors (Lipinski definition) is 5. The third-order valence-corrected chi connectivity index (χ3v) is 3.53. The van der Waals surface area contributed by atoms with E-state index < -0.39 is 0 Å². The van der Waals surface area contributed by atoms with E-state index in [1.165, 1.54) is 11.8 Å². The van der Waals surface area contributed by atoms with E-state index in [1.807, 2.05) is 25.1 Å². The van der Waals surface area contributed by atoms with Gasteiger partial charge in [0.1, 0.15) is 0 Å². The van der Waals surface area contributed by atoms with Gasteiger partial charge in [0.2, 0.25) is 5.89 Å². The SMILES string of the molecule is Cc1nnc(Sc2ccc([C@@H](C)N)cc2Cl)o1. The Kier molecular flexibility index (Phi) is 3.71. The van der Waals surface area contributed by atoms with Crippen LogP contribution in [0.3, 0.4) is 0 Å². The molecule has 2 N–H and O–H groups in total. The summed E-state index contributed by atoms with van der Waals surface area (Å²) in [5.41, 5.74) is 6.78. The third kappa shape index (κ3) is 3.00. The molecule has 1 atom stereocenters. The molecule has 90 valence electrons. The Morgan fingerprint density at radius 2 is 2.18 bits per heavy atom. The molecule has 6 heteroatoms. The van der Waals surface area contributed by atoms with Gasteiger partial charge in [-0.25, -0.2) is 0 Å². The van der Waals surface area contributed by atoms with E-state index in [1.54, 1.807) is 6.92 Å². The molecule has 0 bridgehead atoms. The maximum atomic E-state index is 6.16. The van der Waals surface area contributed by atoms with Crippen molar-refractivity contribution in [3.8, 4) is 0 Å². The Labute approximate surface area is 109 Å². The van der Waals surface area contributed by atoms with Crippen molar-refractivity contribution < 1.29 is 4.42 Å². The lowest BCUT2D eigenvalue weighted by Crippen LogP contribution is -2.04. The minimum absolute atomic E-state index is 0.0304. The summed E-state index contributed by atoms with van der Waals surface area (Å²) >= 11 is 7.51. The highest BCUT2D eigenvalue weighted by Crippen LogP contribution is 2.33. The molecule has 1 heterocycles. The molecule has 1 aromatic heterocycles. The van der Waals surface area contributed by atoms with Crippen LogP contribution in [-0.4, -0.2) is 10.2 Å². The molecule has 4 nitrogen and oxygen atoms in total. The predicted molar refractivity (Wildman–Crippen MR) is 67.2 cm³/mol. The van der Waals surface area contributed by atoms with Crippen LogP contribution in [0.25, 0.3) is 0 Å². The second kappa shape index (κ2) is 5.08. The zero-order valence-corrected chi connectivity index (χ0v) is 11.0. The quantitative estimate of drug-likeness (QED) is 0.927. The first-order valence-corrected chi connectivity index (χ1v) is 6.28. The number of rotatable bonds is 3. The fraction of sp³-hybridized carbons (Fsp3) is 0.273. The monoisotopic (exact) mass is 269 g/mol. The molecule has 0 amide bonds. The van der Waals surface area contributed by atoms with Gasteiger partial charge in [-0.2, -0.15) is 0 Å². The van der Waals surface area contributed by atoms with Gasteiger partial charge in [0.05, 0.1) is 5.02 Å². The van der Waals surface area contributed by atoms with Crippen LogP contribution < -0.4 is 5.73 Å². The Balaban J connectivity index is 2.22. The summed E-state index contributed by atoms with van der Waals surface area (Å²) in [6, 6.07) is 5.68. The molecule has 17 heavy (non-hydrogen) atoms. The topological polar surface area (TPSA) is 64.9 Å². The Morgan fingerprint density at radius 3 is 2.71 bits per heavy atom. The fourth-order valence-corrected chi connectivity index (χ4v) is 2.33. The van der Waals surface area contributed by atoms with Crippen LogP contribution in [0, 0.1) is 6.92 Å². The molecule has 0 aliphatic heterocycles. The summed E-state index contributed by atoms with van der Waals surface area (Å²) in [6.07, 6.45) is 0. The summed E-state index contributed by atoms with van der Waals surface area (Å²) in [6.45, 7) is 3.66. The second-order valence-electron chi connectivity index (χ2n) is 3.67. The van der Waals surface area contributed by atoms with Crippen LogP contribution in [0.5, 0.6) is 0 Å². The van der Waals surface area contributed by atoms with E-state index in [0.29, 0.717) is 16.1 Å². The molecule has 0 radical (unpaired) electrons. The Hall–Kier alpha value is -1.04. The first kappa shape index (κ1) is 12.4. The molecule has 0 unspecified atom stereocenters. The van der Waals surface area contributed by atoms with E-state index in [2.05, 4.69) is 10.2 Å². The van der Waals surface area contributed by atoms with Gasteiger partial charge in [-0.3, -0.25) is 0 Å². The highest BCUT2D eigenvalue weighted by molar-refractivity contribution is 7.99. The maximum Gasteiger partial charge on any atom is 0.281 e. The molecule has 0 aliphatic carbocycles. The number of aromatic nitrogens is 2. The molecule has 2 rings (SSSR count). The molecular formula is C11H12ClN3OS. The van der Waals surface area contributed by atoms with Crippen molar-refractivity contribution in [2.75, 3.05) is 0 Å². The largest absolute Gasteiger partial charge is 0.416 e. The zero-order valence-electron chi connectivity index (χ0n) is 9.48. The average Bonchev–Trinajstić information content (AvgIpc) is 2.67. The van der Waals surface area contributed by atoms with Crippen molar-refractivity contribution in [2.24, 2.45) is 5.73 Å². The highest BCUT2D eigenvalue weighted by Gasteiger charge is 2.10. The van der Waals surface area contributed by atoms with Crippen molar-refractivity contribution in [3.05, 3.63) is 34.7 Å². The number of hydrogen-bond donors (Lipinski definition) is 1. The van der Waals surface area contributed by atoms with Crippen molar-refractivity contribution in [1.82, 2.24) is 10.2 Å². The van der Waals surface area contributed by atoms with Gasteiger partial charge in [-0.1, -0.05) is 17.7 Å². The minimum Gasteiger partial charge on any atom is -0.416 e. The van der Waals surface area contributed by atoms with Crippen molar-refractivity contribution >= 4 is 23.4 Å². The highest BCUT2D eigenvalue weighted by atomic mass is 35.5. The maximum absolute atomic E-state index is 6.16. The van der Waals surface area contributed by atoms with Gasteiger partial charge in [0, 0.05) is 17.9 Å². The van der Waals surface area contributed by atoms with Crippen LogP contribution in [0.15, 0.2) is 32.7 Å². The molecule has 0 spiro atoms. The van der Waals surface area contributed by atoms with Crippen LogP contribution in [0.1, 0.15) is 24.4 Å². The Bertz CT molecular complexity index is 527. The molecule has 0 fully saturated rings. The molecule has 2 aromatic rings. The van der Waals surface area contributed by atoms with Crippen LogP contribution in [0.4, 0.5) is 0 Å². The van der Waals surface area contributed by atoms with Crippen LogP contribution >= 0.6 is 23.4 Å². The average molecular weight is 270 g/mol. The van der Waals surface area contributed by atoms with Crippen LogP contribution in [0.2, 0.25) is 5.02 Å². The predicted octanol–water partition coefficient (Wildman–Crippen LogP) is 3.20. The van der Waals surface area contributed by atoms with Crippen LogP contribution in [-0.2, 0) is 0 Å². The molecule has 0 aliphatic rings. The number of nitrogens with zero attached hydrogens (tertiary/aromatic N) is 2. The first-order chi connectivity index (χ1) is 8.06. The summed E-state index contributed by atoms with van der Waals surface area (Å²) in [5.74, 6) is 0.538. The number of halogens is 1. The number of nitrogens with two attached hydrogens (primary N) is 1. The summed E-state index contributed by atoms with van der Waals surface area (Å²) in [5, 5.41) is 8.78. The molecule has 0 saturated heterocycles. The standard InChI is InChI=1S/C11H12ClN3OS/c1-6(13)8-3-4-10(9(12)5-8)17-11-15-14-7(2)16-11/h3-6H,13H2,1-2H3/t6-/m1/s1. The summed E-state index contributed by atoms with van der Waals surface area (Å²) < 4.78 is 5.28. The van der Waals surface area contributed by atoms with E-state index in [9.17, 15) is 0 Å². The van der Waals surface area contributed by atoms with E-state index in [0.717, 1.165) is 10.5 Å². The van der Waals surface area contributed by atoms with E-state index in [4.69, 9.17) is 21.8 Å². The lowest BCUT2D eigenvalue weighted by molar-refractivity contribution is 0.429. The number of benzene rings is 1. The lowest BCUT2D eigenvalue weighted by Gasteiger charge is -2.07. The third-order valence-electron chi connectivity index (χ3n) is 2.19. The van der Waals surface area contributed by atoms with Gasteiger partial charge in [-0.15, -0.1) is 10.2 Å².